The van der Waals surface area contributed by atoms with Crippen LogP contribution in [0.15, 0.2) is 11.2 Å². The number of imidazole rings is 1. The van der Waals surface area contributed by atoms with E-state index in [1.54, 1.807) is 18.4 Å². The van der Waals surface area contributed by atoms with E-state index in [9.17, 15) is 13.2 Å². The van der Waals surface area contributed by atoms with Crippen LogP contribution in [-0.4, -0.2) is 45.9 Å². The normalized spacial score (nSPS) is 24.1. The predicted molar refractivity (Wildman–Crippen MR) is 71.7 cm³/mol. The molecule has 1 N–H and O–H groups in total. The number of nitrogens with zero attached hydrogens (tertiary/aromatic N) is 3. The molecule has 1 aromatic rings. The van der Waals surface area contributed by atoms with Gasteiger partial charge in [0.2, 0.25) is 0 Å². The molecule has 2 heterocycles. The average molecular weight is 301 g/mol. The zero-order valence-corrected chi connectivity index (χ0v) is 12.6. The molecule has 0 aliphatic carbocycles. The average Bonchev–Trinajstić information content (AvgIpc) is 2.92. The van der Waals surface area contributed by atoms with Gasteiger partial charge in [0.15, 0.2) is 5.03 Å². The van der Waals surface area contributed by atoms with Crippen LogP contribution in [0.1, 0.15) is 26.1 Å². The van der Waals surface area contributed by atoms with Gasteiger partial charge in [-0.25, -0.2) is 13.4 Å². The number of aromatic nitrogens is 2. The summed E-state index contributed by atoms with van der Waals surface area (Å²) in [4.78, 5) is 15.2. The standard InChI is InChI=1S/C12H19N3O4S/c1-4-14-7-11(13-9(14)3)20(18,19)15-6-5-10(8(15)2)12(16)17/h7-8,10H,4-6H2,1-3H3,(H,16,17). The summed E-state index contributed by atoms with van der Waals surface area (Å²) in [5.41, 5.74) is 0. The van der Waals surface area contributed by atoms with Crippen molar-refractivity contribution < 1.29 is 18.3 Å². The highest BCUT2D eigenvalue weighted by Gasteiger charge is 2.43. The number of hydrogen-bond donors (Lipinski definition) is 1. The summed E-state index contributed by atoms with van der Waals surface area (Å²) in [5.74, 6) is -0.975. The molecule has 8 heteroatoms. The second-order valence-electron chi connectivity index (χ2n) is 5.00. The summed E-state index contributed by atoms with van der Waals surface area (Å²) in [7, 11) is -3.73. The van der Waals surface area contributed by atoms with E-state index in [4.69, 9.17) is 5.11 Å². The monoisotopic (exact) mass is 301 g/mol. The van der Waals surface area contributed by atoms with Gasteiger partial charge in [0.1, 0.15) is 5.82 Å². The lowest BCUT2D eigenvalue weighted by Gasteiger charge is -2.21. The van der Waals surface area contributed by atoms with Crippen molar-refractivity contribution in [3.63, 3.8) is 0 Å². The van der Waals surface area contributed by atoms with E-state index in [0.717, 1.165) is 0 Å². The molecule has 0 aromatic carbocycles. The summed E-state index contributed by atoms with van der Waals surface area (Å²) < 4.78 is 28.1. The Morgan fingerprint density at radius 2 is 2.20 bits per heavy atom. The highest BCUT2D eigenvalue weighted by atomic mass is 32.2. The van der Waals surface area contributed by atoms with E-state index >= 15 is 0 Å². The Hall–Kier alpha value is -1.41. The van der Waals surface area contributed by atoms with Crippen LogP contribution in [0.3, 0.4) is 0 Å². The molecule has 2 unspecified atom stereocenters. The van der Waals surface area contributed by atoms with Crippen LogP contribution in [-0.2, 0) is 21.4 Å². The molecule has 2 atom stereocenters. The third-order valence-corrected chi connectivity index (χ3v) is 5.74. The molecule has 7 nitrogen and oxygen atoms in total. The molecular weight excluding hydrogens is 282 g/mol. The molecule has 1 saturated heterocycles. The van der Waals surface area contributed by atoms with Gasteiger partial charge in [-0.1, -0.05) is 0 Å². The fraction of sp³-hybridized carbons (Fsp3) is 0.667. The summed E-state index contributed by atoms with van der Waals surface area (Å²) in [5, 5.41) is 9.08. The molecule has 0 spiro atoms. The first-order valence-corrected chi connectivity index (χ1v) is 8.01. The third-order valence-electron chi connectivity index (χ3n) is 3.88. The van der Waals surface area contributed by atoms with E-state index in [0.29, 0.717) is 18.8 Å². The molecule has 1 fully saturated rings. The Bertz CT molecular complexity index is 623. The molecule has 0 amide bonds. The van der Waals surface area contributed by atoms with E-state index < -0.39 is 28.0 Å². The second-order valence-corrected chi connectivity index (χ2v) is 6.84. The minimum atomic E-state index is -3.73. The zero-order valence-electron chi connectivity index (χ0n) is 11.8. The molecule has 1 aromatic heterocycles. The van der Waals surface area contributed by atoms with E-state index in [1.807, 2.05) is 6.92 Å². The van der Waals surface area contributed by atoms with Crippen LogP contribution in [0.5, 0.6) is 0 Å². The van der Waals surface area contributed by atoms with Gasteiger partial charge in [-0.3, -0.25) is 4.79 Å². The number of carboxylic acid groups (broad SMARTS) is 1. The number of hydrogen-bond acceptors (Lipinski definition) is 4. The lowest BCUT2D eigenvalue weighted by molar-refractivity contribution is -0.142. The van der Waals surface area contributed by atoms with Gasteiger partial charge in [-0.15, -0.1) is 0 Å². The minimum absolute atomic E-state index is 0.00487. The van der Waals surface area contributed by atoms with Crippen LogP contribution in [0.4, 0.5) is 0 Å². The summed E-state index contributed by atoms with van der Waals surface area (Å²) in [6, 6.07) is -0.551. The lowest BCUT2D eigenvalue weighted by atomic mass is 10.0. The molecule has 0 bridgehead atoms. The Labute approximate surface area is 118 Å². The maximum Gasteiger partial charge on any atom is 0.308 e. The molecule has 0 radical (unpaired) electrons. The number of sulfonamides is 1. The van der Waals surface area contributed by atoms with Gasteiger partial charge in [-0.05, 0) is 27.2 Å². The smallest absolute Gasteiger partial charge is 0.308 e. The van der Waals surface area contributed by atoms with Crippen LogP contribution in [0.2, 0.25) is 0 Å². The van der Waals surface area contributed by atoms with Crippen molar-refractivity contribution in [1.29, 1.82) is 0 Å². The fourth-order valence-corrected chi connectivity index (χ4v) is 4.30. The first-order chi connectivity index (χ1) is 9.28. The third kappa shape index (κ3) is 2.33. The van der Waals surface area contributed by atoms with E-state index in [-0.39, 0.29) is 11.6 Å². The van der Waals surface area contributed by atoms with Gasteiger partial charge in [0.25, 0.3) is 10.0 Å². The van der Waals surface area contributed by atoms with Crippen molar-refractivity contribution in [3.8, 4) is 0 Å². The number of carboxylic acids is 1. The molecule has 112 valence electrons. The Balaban J connectivity index is 2.33. The van der Waals surface area contributed by atoms with Crippen LogP contribution >= 0.6 is 0 Å². The number of aliphatic carboxylic acids is 1. The summed E-state index contributed by atoms with van der Waals surface area (Å²) in [6.07, 6.45) is 1.84. The Morgan fingerprint density at radius 1 is 1.55 bits per heavy atom. The van der Waals surface area contributed by atoms with Crippen LogP contribution in [0.25, 0.3) is 0 Å². The van der Waals surface area contributed by atoms with Gasteiger partial charge in [0, 0.05) is 25.3 Å². The van der Waals surface area contributed by atoms with Gasteiger partial charge >= 0.3 is 5.97 Å². The van der Waals surface area contributed by atoms with Gasteiger partial charge in [0.05, 0.1) is 5.92 Å². The maximum atomic E-state index is 12.6. The quantitative estimate of drug-likeness (QED) is 0.883. The maximum absolute atomic E-state index is 12.6. The second kappa shape index (κ2) is 5.17. The summed E-state index contributed by atoms with van der Waals surface area (Å²) >= 11 is 0. The van der Waals surface area contributed by atoms with Crippen molar-refractivity contribution in [2.45, 2.75) is 44.8 Å². The molecule has 20 heavy (non-hydrogen) atoms. The van der Waals surface area contributed by atoms with Crippen molar-refractivity contribution in [2.24, 2.45) is 5.92 Å². The Kier molecular flexibility index (Phi) is 3.88. The van der Waals surface area contributed by atoms with Crippen LogP contribution in [0, 0.1) is 12.8 Å². The summed E-state index contributed by atoms with van der Waals surface area (Å²) in [6.45, 7) is 6.15. The minimum Gasteiger partial charge on any atom is -0.481 e. The van der Waals surface area contributed by atoms with Crippen molar-refractivity contribution in [3.05, 3.63) is 12.0 Å². The molecule has 1 aliphatic rings. The Morgan fingerprint density at radius 3 is 2.65 bits per heavy atom. The van der Waals surface area contributed by atoms with Gasteiger partial charge in [-0.2, -0.15) is 4.31 Å². The first kappa shape index (κ1) is 15.0. The van der Waals surface area contributed by atoms with Crippen LogP contribution < -0.4 is 0 Å². The predicted octanol–water partition coefficient (Wildman–Crippen LogP) is 0.695. The largest absolute Gasteiger partial charge is 0.481 e. The van der Waals surface area contributed by atoms with Crippen molar-refractivity contribution in [2.75, 3.05) is 6.54 Å². The number of aryl methyl sites for hydroxylation is 2. The van der Waals surface area contributed by atoms with E-state index in [2.05, 4.69) is 4.98 Å². The molecule has 1 aliphatic heterocycles. The topological polar surface area (TPSA) is 92.5 Å². The molecule has 0 saturated carbocycles. The van der Waals surface area contributed by atoms with Crippen molar-refractivity contribution >= 4 is 16.0 Å². The highest BCUT2D eigenvalue weighted by molar-refractivity contribution is 7.89. The first-order valence-electron chi connectivity index (χ1n) is 6.57. The molecule has 2 rings (SSSR count). The van der Waals surface area contributed by atoms with Gasteiger partial charge < -0.3 is 9.67 Å². The fourth-order valence-electron chi connectivity index (χ4n) is 2.62. The van der Waals surface area contributed by atoms with Crippen molar-refractivity contribution in [1.82, 2.24) is 13.9 Å². The SMILES string of the molecule is CCn1cc(S(=O)(=O)N2CCC(C(=O)O)C2C)nc1C. The number of carbonyl (C=O) groups is 1. The number of rotatable bonds is 4. The molecular formula is C12H19N3O4S. The zero-order chi connectivity index (χ0) is 15.1. The lowest BCUT2D eigenvalue weighted by Crippen LogP contribution is -2.37. The van der Waals surface area contributed by atoms with E-state index in [1.165, 1.54) is 10.5 Å². The highest BCUT2D eigenvalue weighted by Crippen LogP contribution is 2.30.